The molecule has 1 unspecified atom stereocenters. The Hall–Kier alpha value is -1.22. The summed E-state index contributed by atoms with van der Waals surface area (Å²) >= 11 is 0. The van der Waals surface area contributed by atoms with Gasteiger partial charge in [-0.3, -0.25) is 0 Å². The molecule has 0 heterocycles. The monoisotopic (exact) mass is 350 g/mol. The van der Waals surface area contributed by atoms with E-state index in [9.17, 15) is 8.78 Å². The van der Waals surface area contributed by atoms with E-state index in [2.05, 4.69) is 25.6 Å². The van der Waals surface area contributed by atoms with Crippen molar-refractivity contribution in [1.29, 1.82) is 0 Å². The maximum absolute atomic E-state index is 13.5. The van der Waals surface area contributed by atoms with Gasteiger partial charge in [-0.25, -0.2) is 8.78 Å². The Labute approximate surface area is 151 Å². The third kappa shape index (κ3) is 6.54. The van der Waals surface area contributed by atoms with Gasteiger partial charge < -0.3 is 4.74 Å². The van der Waals surface area contributed by atoms with Crippen molar-refractivity contribution in [3.05, 3.63) is 48.0 Å². The van der Waals surface area contributed by atoms with E-state index in [0.29, 0.717) is 5.92 Å². The van der Waals surface area contributed by atoms with Gasteiger partial charge in [0, 0.05) is 0 Å². The Morgan fingerprint density at radius 3 is 2.32 bits per heavy atom. The van der Waals surface area contributed by atoms with Gasteiger partial charge in [0.1, 0.15) is 6.10 Å². The van der Waals surface area contributed by atoms with Crippen LogP contribution in [0.1, 0.15) is 63.0 Å². The molecule has 1 atom stereocenters. The summed E-state index contributed by atoms with van der Waals surface area (Å²) in [5.41, 5.74) is 2.26. The van der Waals surface area contributed by atoms with E-state index >= 15 is 0 Å². The number of rotatable bonds is 10. The maximum atomic E-state index is 13.5. The van der Waals surface area contributed by atoms with E-state index in [0.717, 1.165) is 56.9 Å². The second kappa shape index (κ2) is 10.7. The van der Waals surface area contributed by atoms with E-state index < -0.39 is 12.5 Å². The molecule has 140 valence electrons. The van der Waals surface area contributed by atoms with Crippen molar-refractivity contribution in [3.8, 4) is 0 Å². The van der Waals surface area contributed by atoms with Crippen LogP contribution in [0, 0.1) is 11.8 Å². The van der Waals surface area contributed by atoms with Gasteiger partial charge in [-0.15, -0.1) is 6.58 Å². The topological polar surface area (TPSA) is 9.23 Å². The summed E-state index contributed by atoms with van der Waals surface area (Å²) in [5.74, 6) is 0.651. The van der Waals surface area contributed by atoms with Gasteiger partial charge in [-0.05, 0) is 55.1 Å². The van der Waals surface area contributed by atoms with Crippen LogP contribution in [0.3, 0.4) is 0 Å². The summed E-state index contributed by atoms with van der Waals surface area (Å²) in [7, 11) is 0. The zero-order valence-corrected chi connectivity index (χ0v) is 15.4. The fourth-order valence-electron chi connectivity index (χ4n) is 3.86. The third-order valence-corrected chi connectivity index (χ3v) is 5.39. The Kier molecular flexibility index (Phi) is 8.60. The minimum Gasteiger partial charge on any atom is -0.367 e. The zero-order valence-electron chi connectivity index (χ0n) is 15.4. The van der Waals surface area contributed by atoms with Crippen LogP contribution < -0.4 is 0 Å². The van der Waals surface area contributed by atoms with Crippen LogP contribution in [-0.4, -0.2) is 12.5 Å². The molecule has 1 aliphatic rings. The average molecular weight is 350 g/mol. The molecule has 1 saturated carbocycles. The van der Waals surface area contributed by atoms with Crippen LogP contribution in [0.4, 0.5) is 8.78 Å². The van der Waals surface area contributed by atoms with E-state index in [-0.39, 0.29) is 12.5 Å². The third-order valence-electron chi connectivity index (χ3n) is 5.39. The molecule has 0 saturated heterocycles. The Bertz CT molecular complexity index is 489. The van der Waals surface area contributed by atoms with Crippen LogP contribution in [0.25, 0.3) is 0 Å². The number of ether oxygens (including phenoxy) is 1. The van der Waals surface area contributed by atoms with Crippen molar-refractivity contribution in [2.45, 2.75) is 77.4 Å². The number of hydrogen-bond acceptors (Lipinski definition) is 1. The fourth-order valence-corrected chi connectivity index (χ4v) is 3.86. The fraction of sp³-hybridized carbons (Fsp3) is 0.636. The minimum atomic E-state index is -2.41. The highest BCUT2D eigenvalue weighted by Crippen LogP contribution is 2.36. The van der Waals surface area contributed by atoms with Gasteiger partial charge in [-0.1, -0.05) is 56.5 Å². The lowest BCUT2D eigenvalue weighted by Crippen LogP contribution is -2.34. The number of aryl methyl sites for hydroxylation is 1. The molecule has 3 heteroatoms. The molecule has 1 aliphatic carbocycles. The molecule has 0 aromatic heterocycles. The minimum absolute atomic E-state index is 0.0145. The predicted molar refractivity (Wildman–Crippen MR) is 99.9 cm³/mol. The van der Waals surface area contributed by atoms with Crippen molar-refractivity contribution in [2.24, 2.45) is 11.8 Å². The first-order chi connectivity index (χ1) is 12.1. The SMILES string of the molecule is C=CCCC1CCC(C(OCc2ccc(CCC)cc2)C(F)F)CC1. The Balaban J connectivity index is 1.83. The first-order valence-electron chi connectivity index (χ1n) is 9.72. The van der Waals surface area contributed by atoms with Crippen molar-refractivity contribution < 1.29 is 13.5 Å². The standard InChI is InChI=1S/C22H32F2O/c1-3-5-7-18-12-14-20(15-13-18)21(22(23)24)25-16-19-10-8-17(6-4-2)9-11-19/h3,8-11,18,20-22H,1,4-7,12-16H2,2H3. The highest BCUT2D eigenvalue weighted by Gasteiger charge is 2.33. The molecule has 1 aromatic rings. The average Bonchev–Trinajstić information content (AvgIpc) is 2.62. The highest BCUT2D eigenvalue weighted by molar-refractivity contribution is 5.22. The second-order valence-corrected chi connectivity index (χ2v) is 7.32. The van der Waals surface area contributed by atoms with Crippen LogP contribution in [0.5, 0.6) is 0 Å². The summed E-state index contributed by atoms with van der Waals surface area (Å²) < 4.78 is 32.7. The lowest BCUT2D eigenvalue weighted by molar-refractivity contribution is -0.102. The molecule has 1 aromatic carbocycles. The van der Waals surface area contributed by atoms with E-state index in [1.54, 1.807) is 0 Å². The van der Waals surface area contributed by atoms with Gasteiger partial charge >= 0.3 is 0 Å². The van der Waals surface area contributed by atoms with E-state index in [4.69, 9.17) is 4.74 Å². The number of benzene rings is 1. The summed E-state index contributed by atoms with van der Waals surface area (Å²) in [6, 6.07) is 8.15. The normalized spacial score (nSPS) is 22.1. The molecule has 0 N–H and O–H groups in total. The van der Waals surface area contributed by atoms with E-state index in [1.165, 1.54) is 5.56 Å². The second-order valence-electron chi connectivity index (χ2n) is 7.32. The van der Waals surface area contributed by atoms with Gasteiger partial charge in [0.2, 0.25) is 0 Å². The molecule has 1 fully saturated rings. The molecule has 0 bridgehead atoms. The molecule has 1 nitrogen and oxygen atoms in total. The Morgan fingerprint density at radius 2 is 1.76 bits per heavy atom. The first-order valence-corrected chi connectivity index (χ1v) is 9.72. The molecule has 2 rings (SSSR count). The molecular formula is C22H32F2O. The molecule has 0 aliphatic heterocycles. The first kappa shape index (κ1) is 20.1. The molecule has 0 spiro atoms. The smallest absolute Gasteiger partial charge is 0.264 e. The summed E-state index contributed by atoms with van der Waals surface area (Å²) in [6.45, 7) is 6.19. The number of alkyl halides is 2. The van der Waals surface area contributed by atoms with Gasteiger partial charge in [-0.2, -0.15) is 0 Å². The van der Waals surface area contributed by atoms with Crippen molar-refractivity contribution in [3.63, 3.8) is 0 Å². The number of hydrogen-bond donors (Lipinski definition) is 0. The van der Waals surface area contributed by atoms with E-state index in [1.807, 2.05) is 18.2 Å². The molecule has 25 heavy (non-hydrogen) atoms. The van der Waals surface area contributed by atoms with Crippen molar-refractivity contribution in [1.82, 2.24) is 0 Å². The van der Waals surface area contributed by atoms with Crippen LogP contribution in [-0.2, 0) is 17.8 Å². The molecular weight excluding hydrogens is 318 g/mol. The van der Waals surface area contributed by atoms with Gasteiger partial charge in [0.05, 0.1) is 6.61 Å². The van der Waals surface area contributed by atoms with Gasteiger partial charge in [0.25, 0.3) is 6.43 Å². The summed E-state index contributed by atoms with van der Waals surface area (Å²) in [5, 5.41) is 0. The quantitative estimate of drug-likeness (QED) is 0.434. The van der Waals surface area contributed by atoms with Gasteiger partial charge in [0.15, 0.2) is 0 Å². The maximum Gasteiger partial charge on any atom is 0.264 e. The number of halogens is 2. The number of allylic oxidation sites excluding steroid dienone is 1. The predicted octanol–water partition coefficient (Wildman–Crippen LogP) is 6.56. The zero-order chi connectivity index (χ0) is 18.1. The summed E-state index contributed by atoms with van der Waals surface area (Å²) in [4.78, 5) is 0. The van der Waals surface area contributed by atoms with Crippen LogP contribution >= 0.6 is 0 Å². The van der Waals surface area contributed by atoms with Crippen molar-refractivity contribution >= 4 is 0 Å². The van der Waals surface area contributed by atoms with Crippen LogP contribution in [0.2, 0.25) is 0 Å². The highest BCUT2D eigenvalue weighted by atomic mass is 19.3. The molecule has 0 amide bonds. The lowest BCUT2D eigenvalue weighted by Gasteiger charge is -2.33. The largest absolute Gasteiger partial charge is 0.367 e. The van der Waals surface area contributed by atoms with Crippen molar-refractivity contribution in [2.75, 3.05) is 0 Å². The summed E-state index contributed by atoms with van der Waals surface area (Å²) in [6.07, 6.45) is 6.72. The Morgan fingerprint density at radius 1 is 1.12 bits per heavy atom. The molecule has 0 radical (unpaired) electrons. The van der Waals surface area contributed by atoms with Crippen LogP contribution in [0.15, 0.2) is 36.9 Å². The lowest BCUT2D eigenvalue weighted by atomic mass is 9.77.